The molecule has 10 heteroatoms. The van der Waals surface area contributed by atoms with E-state index in [0.29, 0.717) is 56.4 Å². The molecule has 1 aliphatic heterocycles. The number of aliphatic hydroxyl groups is 2. The normalized spacial score (nSPS) is 30.7. The van der Waals surface area contributed by atoms with Crippen LogP contribution in [0.3, 0.4) is 0 Å². The van der Waals surface area contributed by atoms with Crippen LogP contribution in [0.1, 0.15) is 49.6 Å². The van der Waals surface area contributed by atoms with E-state index < -0.39 is 11.5 Å². The van der Waals surface area contributed by atoms with Gasteiger partial charge in [0, 0.05) is 35.7 Å². The third kappa shape index (κ3) is 5.06. The van der Waals surface area contributed by atoms with Gasteiger partial charge in [-0.2, -0.15) is 0 Å². The van der Waals surface area contributed by atoms with Crippen molar-refractivity contribution in [2.45, 2.75) is 51.6 Å². The molecule has 2 amide bonds. The first-order valence-electron chi connectivity index (χ1n) is 13.4. The van der Waals surface area contributed by atoms with E-state index in [1.165, 1.54) is 11.3 Å². The SMILES string of the molecule is CC1(CO)C(O)CCC2(C)C(CC(=O)N3CCOCC3)c3nc(NC(=O)COc4ccccc4)sc3CC12. The van der Waals surface area contributed by atoms with Crippen LogP contribution < -0.4 is 10.1 Å². The summed E-state index contributed by atoms with van der Waals surface area (Å²) in [6.07, 6.45) is 1.61. The molecule has 3 N–H and O–H groups in total. The first kappa shape index (κ1) is 27.1. The molecule has 0 bridgehead atoms. The molecule has 5 atom stereocenters. The van der Waals surface area contributed by atoms with Gasteiger partial charge in [-0.15, -0.1) is 11.3 Å². The van der Waals surface area contributed by atoms with Gasteiger partial charge in [0.25, 0.3) is 5.91 Å². The van der Waals surface area contributed by atoms with Gasteiger partial charge in [-0.1, -0.05) is 32.0 Å². The van der Waals surface area contributed by atoms with E-state index >= 15 is 0 Å². The fourth-order valence-electron chi connectivity index (χ4n) is 6.64. The first-order valence-corrected chi connectivity index (χ1v) is 14.2. The molecule has 0 radical (unpaired) electrons. The van der Waals surface area contributed by atoms with Crippen molar-refractivity contribution >= 4 is 28.3 Å². The van der Waals surface area contributed by atoms with Crippen molar-refractivity contribution in [1.82, 2.24) is 9.88 Å². The Hall–Kier alpha value is -2.53. The van der Waals surface area contributed by atoms with Crippen LogP contribution in [0.2, 0.25) is 0 Å². The van der Waals surface area contributed by atoms with Crippen LogP contribution in [0, 0.1) is 16.7 Å². The Labute approximate surface area is 227 Å². The molecule has 206 valence electrons. The number of anilines is 1. The van der Waals surface area contributed by atoms with Gasteiger partial charge >= 0.3 is 0 Å². The largest absolute Gasteiger partial charge is 0.484 e. The minimum absolute atomic E-state index is 0.0378. The monoisotopic (exact) mass is 543 g/mol. The second-order valence-corrected chi connectivity index (χ2v) is 12.3. The zero-order valence-electron chi connectivity index (χ0n) is 22.0. The molecule has 2 heterocycles. The summed E-state index contributed by atoms with van der Waals surface area (Å²) in [7, 11) is 0. The molecule has 0 spiro atoms. The predicted octanol–water partition coefficient (Wildman–Crippen LogP) is 2.83. The standard InChI is InChI=1S/C28H37N3O6S/c1-27-9-8-22(33)28(2,17-32)21(27)15-20-25(19(27)14-24(35)31-10-12-36-13-11-31)30-26(38-20)29-23(34)16-37-18-6-4-3-5-7-18/h3-7,19,21-22,32-33H,8-17H2,1-2H3,(H,29,30,34). The van der Waals surface area contributed by atoms with Gasteiger partial charge in [0.1, 0.15) is 5.75 Å². The molecule has 1 saturated carbocycles. The summed E-state index contributed by atoms with van der Waals surface area (Å²) in [5.74, 6) is 0.149. The topological polar surface area (TPSA) is 121 Å². The van der Waals surface area contributed by atoms with Crippen LogP contribution in [0.4, 0.5) is 5.13 Å². The number of fused-ring (bicyclic) bond motifs is 2. The Morgan fingerprint density at radius 2 is 1.97 bits per heavy atom. The minimum Gasteiger partial charge on any atom is -0.484 e. The number of nitrogens with one attached hydrogen (secondary N) is 1. The third-order valence-corrected chi connectivity index (χ3v) is 10.0. The van der Waals surface area contributed by atoms with Crippen molar-refractivity contribution in [3.63, 3.8) is 0 Å². The van der Waals surface area contributed by atoms with Gasteiger partial charge in [0.15, 0.2) is 11.7 Å². The van der Waals surface area contributed by atoms with E-state index in [-0.39, 0.29) is 42.3 Å². The van der Waals surface area contributed by atoms with Gasteiger partial charge in [-0.25, -0.2) is 4.98 Å². The highest BCUT2D eigenvalue weighted by Crippen LogP contribution is 2.62. The number of carbonyl (C=O) groups excluding carboxylic acids is 2. The molecule has 1 aromatic carbocycles. The van der Waals surface area contributed by atoms with Crippen molar-refractivity contribution in [2.75, 3.05) is 44.8 Å². The summed E-state index contributed by atoms with van der Waals surface area (Å²) in [6, 6.07) is 9.15. The maximum Gasteiger partial charge on any atom is 0.264 e. The fraction of sp³-hybridized carbons (Fsp3) is 0.607. The lowest BCUT2D eigenvalue weighted by atomic mass is 9.47. The lowest BCUT2D eigenvalue weighted by Crippen LogP contribution is -2.58. The number of thiazole rings is 1. The average Bonchev–Trinajstić information content (AvgIpc) is 3.33. The number of rotatable bonds is 7. The van der Waals surface area contributed by atoms with Gasteiger partial charge in [-0.05, 0) is 42.7 Å². The van der Waals surface area contributed by atoms with Crippen LogP contribution in [0.15, 0.2) is 30.3 Å². The van der Waals surface area contributed by atoms with Gasteiger partial charge < -0.3 is 24.6 Å². The number of amides is 2. The average molecular weight is 544 g/mol. The van der Waals surface area contributed by atoms with E-state index in [1.54, 1.807) is 12.1 Å². The van der Waals surface area contributed by atoms with Crippen molar-refractivity contribution < 1.29 is 29.3 Å². The third-order valence-electron chi connectivity index (χ3n) is 9.00. The summed E-state index contributed by atoms with van der Waals surface area (Å²) < 4.78 is 11.0. The van der Waals surface area contributed by atoms with Crippen LogP contribution in [0.5, 0.6) is 5.75 Å². The number of aromatic nitrogens is 1. The Morgan fingerprint density at radius 3 is 2.68 bits per heavy atom. The summed E-state index contributed by atoms with van der Waals surface area (Å²) >= 11 is 1.41. The lowest BCUT2D eigenvalue weighted by molar-refractivity contribution is -0.149. The number of benzene rings is 1. The second kappa shape index (κ2) is 10.9. The number of carbonyl (C=O) groups is 2. The van der Waals surface area contributed by atoms with Crippen LogP contribution in [0.25, 0.3) is 0 Å². The van der Waals surface area contributed by atoms with Crippen molar-refractivity contribution in [1.29, 1.82) is 0 Å². The number of hydrogen-bond donors (Lipinski definition) is 3. The molecule has 2 fully saturated rings. The maximum absolute atomic E-state index is 13.5. The number of aliphatic hydroxyl groups excluding tert-OH is 2. The van der Waals surface area contributed by atoms with Gasteiger partial charge in [-0.3, -0.25) is 14.9 Å². The summed E-state index contributed by atoms with van der Waals surface area (Å²) in [5.41, 5.74) is -0.175. The molecule has 2 aliphatic carbocycles. The number of para-hydroxylation sites is 1. The molecule has 3 aliphatic rings. The van der Waals surface area contributed by atoms with Crippen molar-refractivity contribution in [2.24, 2.45) is 16.7 Å². The maximum atomic E-state index is 13.5. The van der Waals surface area contributed by atoms with E-state index in [9.17, 15) is 19.8 Å². The predicted molar refractivity (Wildman–Crippen MR) is 143 cm³/mol. The molecule has 1 aromatic heterocycles. The van der Waals surface area contributed by atoms with Crippen molar-refractivity contribution in [3.8, 4) is 5.75 Å². The van der Waals surface area contributed by atoms with Crippen LogP contribution >= 0.6 is 11.3 Å². The highest BCUT2D eigenvalue weighted by atomic mass is 32.1. The lowest BCUT2D eigenvalue weighted by Gasteiger charge is -2.58. The molecule has 5 rings (SSSR count). The summed E-state index contributed by atoms with van der Waals surface area (Å²) in [6.45, 7) is 6.09. The van der Waals surface area contributed by atoms with E-state index in [1.807, 2.05) is 30.0 Å². The molecular weight excluding hydrogens is 506 g/mol. The minimum atomic E-state index is -0.693. The number of hydrogen-bond acceptors (Lipinski definition) is 8. The quantitative estimate of drug-likeness (QED) is 0.491. The van der Waals surface area contributed by atoms with Gasteiger partial charge in [0.2, 0.25) is 5.91 Å². The van der Waals surface area contributed by atoms with Crippen LogP contribution in [-0.4, -0.2) is 77.5 Å². The smallest absolute Gasteiger partial charge is 0.264 e. The summed E-state index contributed by atoms with van der Waals surface area (Å²) in [4.78, 5) is 33.8. The second-order valence-electron chi connectivity index (χ2n) is 11.2. The Morgan fingerprint density at radius 1 is 1.24 bits per heavy atom. The van der Waals surface area contributed by atoms with Gasteiger partial charge in [0.05, 0.1) is 31.6 Å². The van der Waals surface area contributed by atoms with E-state index in [2.05, 4.69) is 12.2 Å². The molecular formula is C28H37N3O6S. The van der Waals surface area contributed by atoms with E-state index in [0.717, 1.165) is 17.0 Å². The Kier molecular flexibility index (Phi) is 7.77. The molecule has 5 unspecified atom stereocenters. The highest BCUT2D eigenvalue weighted by Gasteiger charge is 2.59. The zero-order valence-corrected chi connectivity index (χ0v) is 22.8. The van der Waals surface area contributed by atoms with Crippen LogP contribution in [-0.2, 0) is 20.7 Å². The fourth-order valence-corrected chi connectivity index (χ4v) is 7.72. The Balaban J connectivity index is 1.41. The molecule has 1 saturated heterocycles. The van der Waals surface area contributed by atoms with E-state index in [4.69, 9.17) is 14.5 Å². The number of ether oxygens (including phenoxy) is 2. The van der Waals surface area contributed by atoms with Crippen molar-refractivity contribution in [3.05, 3.63) is 40.9 Å². The zero-order chi connectivity index (χ0) is 26.9. The Bertz CT molecular complexity index is 1150. The molecule has 38 heavy (non-hydrogen) atoms. The molecule has 9 nitrogen and oxygen atoms in total. The number of nitrogens with zero attached hydrogens (tertiary/aromatic N) is 2. The number of morpholine rings is 1. The highest BCUT2D eigenvalue weighted by molar-refractivity contribution is 7.15. The first-order chi connectivity index (χ1) is 18.2. The summed E-state index contributed by atoms with van der Waals surface area (Å²) in [5, 5.41) is 24.7. The molecule has 2 aromatic rings.